The van der Waals surface area contributed by atoms with Crippen molar-refractivity contribution in [2.75, 3.05) is 0 Å². The van der Waals surface area contributed by atoms with Gasteiger partial charge in [0.05, 0.1) is 11.5 Å². The molecule has 0 spiro atoms. The molecule has 2 saturated carbocycles. The maximum absolute atomic E-state index is 14.4. The van der Waals surface area contributed by atoms with Crippen molar-refractivity contribution in [3.8, 4) is 16.9 Å². The van der Waals surface area contributed by atoms with E-state index in [4.69, 9.17) is 0 Å². The van der Waals surface area contributed by atoms with Crippen molar-refractivity contribution in [3.05, 3.63) is 52.6 Å². The van der Waals surface area contributed by atoms with Gasteiger partial charge in [0.1, 0.15) is 23.7 Å². The zero-order valence-corrected chi connectivity index (χ0v) is 24.7. The number of aryl methyl sites for hydroxylation is 1. The van der Waals surface area contributed by atoms with Gasteiger partial charge in [-0.1, -0.05) is 52.8 Å². The lowest BCUT2D eigenvalue weighted by Gasteiger charge is -2.61. The van der Waals surface area contributed by atoms with Gasteiger partial charge < -0.3 is 10.2 Å². The number of hydrogen-bond donors (Lipinski definition) is 2. The summed E-state index contributed by atoms with van der Waals surface area (Å²) in [6.45, 7) is 9.87. The summed E-state index contributed by atoms with van der Waals surface area (Å²) < 4.78 is 0. The third-order valence-electron chi connectivity index (χ3n) is 10.2. The Morgan fingerprint density at radius 2 is 1.71 bits per heavy atom. The molecule has 5 rings (SSSR count). The van der Waals surface area contributed by atoms with E-state index in [0.717, 1.165) is 24.3 Å². The van der Waals surface area contributed by atoms with Crippen LogP contribution in [0.2, 0.25) is 0 Å². The lowest BCUT2D eigenvalue weighted by molar-refractivity contribution is -0.205. The average Bonchev–Trinajstić information content (AvgIpc) is 2.90. The van der Waals surface area contributed by atoms with Crippen LogP contribution in [0.5, 0.6) is 5.75 Å². The molecule has 0 radical (unpaired) electrons. The Bertz CT molecular complexity index is 1600. The van der Waals surface area contributed by atoms with Crippen molar-refractivity contribution < 1.29 is 39.0 Å². The van der Waals surface area contributed by atoms with Crippen LogP contribution in [0.1, 0.15) is 79.8 Å². The monoisotopic (exact) mass is 572 g/mol. The number of carbonyl (C=O) groups is 6. The topological polar surface area (TPSA) is 143 Å². The summed E-state index contributed by atoms with van der Waals surface area (Å²) in [6, 6.07) is 8.36. The van der Waals surface area contributed by atoms with Crippen molar-refractivity contribution in [1.82, 2.24) is 0 Å². The molecule has 0 saturated heterocycles. The Hall–Kier alpha value is -3.78. The molecule has 42 heavy (non-hydrogen) atoms. The zero-order valence-electron chi connectivity index (χ0n) is 24.7. The van der Waals surface area contributed by atoms with Crippen molar-refractivity contribution in [2.24, 2.45) is 34.5 Å². The van der Waals surface area contributed by atoms with E-state index >= 15 is 0 Å². The van der Waals surface area contributed by atoms with Crippen molar-refractivity contribution in [3.63, 3.8) is 0 Å². The van der Waals surface area contributed by atoms with E-state index in [-0.39, 0.29) is 24.2 Å². The number of aromatic hydroxyl groups is 1. The Kier molecular flexibility index (Phi) is 6.81. The highest BCUT2D eigenvalue weighted by Gasteiger charge is 2.76. The number of carbonyl (C=O) groups excluding carboxylic acids is 6. The second-order valence-corrected chi connectivity index (χ2v) is 13.2. The van der Waals surface area contributed by atoms with Gasteiger partial charge >= 0.3 is 0 Å². The summed E-state index contributed by atoms with van der Waals surface area (Å²) in [4.78, 5) is 80.3. The van der Waals surface area contributed by atoms with E-state index in [9.17, 15) is 39.0 Å². The fourth-order valence-electron chi connectivity index (χ4n) is 8.62. The summed E-state index contributed by atoms with van der Waals surface area (Å²) in [5.74, 6) is -9.26. The molecular formula is C34H36O8. The van der Waals surface area contributed by atoms with Crippen LogP contribution in [0.3, 0.4) is 0 Å². The number of Topliss-reactive ketones (excluding diaryl/α,β-unsaturated/α-hetero) is 5. The molecule has 2 aromatic carbocycles. The first-order chi connectivity index (χ1) is 19.6. The van der Waals surface area contributed by atoms with Gasteiger partial charge in [-0.2, -0.15) is 0 Å². The first kappa shape index (κ1) is 29.7. The third kappa shape index (κ3) is 3.70. The number of phenolic OH excluding ortho intramolecular Hbond substituents is 1. The fraction of sp³-hybridized carbons (Fsp3) is 0.471. The summed E-state index contributed by atoms with van der Waals surface area (Å²) >= 11 is 0. The van der Waals surface area contributed by atoms with E-state index in [1.54, 1.807) is 45.9 Å². The minimum atomic E-state index is -2.73. The van der Waals surface area contributed by atoms with Crippen LogP contribution in [0.25, 0.3) is 11.1 Å². The number of phenols is 1. The quantitative estimate of drug-likeness (QED) is 0.402. The minimum absolute atomic E-state index is 0.0207. The molecule has 3 aliphatic rings. The van der Waals surface area contributed by atoms with Gasteiger partial charge in [-0.3, -0.25) is 28.8 Å². The van der Waals surface area contributed by atoms with Gasteiger partial charge in [0.25, 0.3) is 0 Å². The molecule has 0 heterocycles. The number of hydrogen-bond acceptors (Lipinski definition) is 8. The highest BCUT2D eigenvalue weighted by molar-refractivity contribution is 6.32. The van der Waals surface area contributed by atoms with Crippen molar-refractivity contribution in [2.45, 2.75) is 66.4 Å². The van der Waals surface area contributed by atoms with Crippen LogP contribution < -0.4 is 0 Å². The summed E-state index contributed by atoms with van der Waals surface area (Å²) in [5, 5.41) is 23.1. The first-order valence-corrected chi connectivity index (χ1v) is 14.4. The highest BCUT2D eigenvalue weighted by atomic mass is 16.3. The fourth-order valence-corrected chi connectivity index (χ4v) is 8.62. The van der Waals surface area contributed by atoms with Gasteiger partial charge in [0.15, 0.2) is 28.7 Å². The van der Waals surface area contributed by atoms with Crippen LogP contribution in [-0.4, -0.2) is 51.0 Å². The van der Waals surface area contributed by atoms with Gasteiger partial charge in [-0.05, 0) is 71.9 Å². The molecule has 0 amide bonds. The molecular weight excluding hydrogens is 536 g/mol. The highest BCUT2D eigenvalue weighted by Crippen LogP contribution is 2.64. The van der Waals surface area contributed by atoms with E-state index in [1.807, 2.05) is 13.0 Å². The van der Waals surface area contributed by atoms with Gasteiger partial charge in [0.2, 0.25) is 0 Å². The number of benzene rings is 2. The smallest absolute Gasteiger partial charge is 0.190 e. The Morgan fingerprint density at radius 3 is 2.29 bits per heavy atom. The molecule has 3 aliphatic carbocycles. The van der Waals surface area contributed by atoms with Crippen LogP contribution in [-0.2, 0) is 32.0 Å². The van der Waals surface area contributed by atoms with Crippen molar-refractivity contribution >= 4 is 35.2 Å². The van der Waals surface area contributed by atoms with Gasteiger partial charge in [-0.25, -0.2) is 0 Å². The van der Waals surface area contributed by atoms with E-state index in [2.05, 4.69) is 0 Å². The molecule has 2 fully saturated rings. The molecule has 8 heteroatoms. The first-order valence-electron chi connectivity index (χ1n) is 14.4. The lowest BCUT2D eigenvalue weighted by atomic mass is 9.40. The summed E-state index contributed by atoms with van der Waals surface area (Å²) in [5.41, 5.74) is -2.25. The molecule has 0 aromatic heterocycles. The second-order valence-electron chi connectivity index (χ2n) is 13.2. The normalized spacial score (nSPS) is 32.3. The Labute approximate surface area is 244 Å². The summed E-state index contributed by atoms with van der Waals surface area (Å²) in [7, 11) is 0. The second kappa shape index (κ2) is 9.63. The number of aliphatic hydroxyl groups is 1. The minimum Gasteiger partial charge on any atom is -0.507 e. The number of rotatable bonds is 5. The lowest BCUT2D eigenvalue weighted by Crippen LogP contribution is -2.76. The molecule has 220 valence electrons. The standard InChI is InChI=1S/C34H36O8/c1-7-19-9-8-18(14-35)12-21(19)20-10-11-23(37)25-22(20)13-32(5)15-33(6)26(16(2)3)28(38)24(17(4)36)30(40)34(33,42)31(41)27(32)29(25)39/h8-12,14,16,24,26-27,37,42H,7,13,15H2,1-6H3/t24?,26?,27?,32-,33-,34+/m1/s1. The zero-order chi connectivity index (χ0) is 31.1. The molecule has 2 aromatic rings. The van der Waals surface area contributed by atoms with Gasteiger partial charge in [-0.15, -0.1) is 0 Å². The Morgan fingerprint density at radius 1 is 1.05 bits per heavy atom. The van der Waals surface area contributed by atoms with Crippen LogP contribution in [0.4, 0.5) is 0 Å². The van der Waals surface area contributed by atoms with E-state index in [1.165, 1.54) is 6.07 Å². The van der Waals surface area contributed by atoms with Gasteiger partial charge in [0, 0.05) is 16.9 Å². The molecule has 2 N–H and O–H groups in total. The summed E-state index contributed by atoms with van der Waals surface area (Å²) in [6.07, 6.45) is 1.49. The molecule has 8 nitrogen and oxygen atoms in total. The van der Waals surface area contributed by atoms with Crippen LogP contribution in [0.15, 0.2) is 30.3 Å². The predicted octanol–water partition coefficient (Wildman–Crippen LogP) is 4.13. The Balaban J connectivity index is 1.77. The predicted molar refractivity (Wildman–Crippen MR) is 153 cm³/mol. The average molecular weight is 573 g/mol. The number of fused-ring (bicyclic) bond motifs is 3. The maximum atomic E-state index is 14.4. The van der Waals surface area contributed by atoms with Crippen LogP contribution >= 0.6 is 0 Å². The third-order valence-corrected chi connectivity index (χ3v) is 10.2. The maximum Gasteiger partial charge on any atom is 0.190 e. The largest absolute Gasteiger partial charge is 0.507 e. The number of ketones is 5. The van der Waals surface area contributed by atoms with Crippen LogP contribution in [0, 0.1) is 34.5 Å². The SMILES string of the molecule is CCc1ccc(C=O)cc1-c1ccc(O)c2c1C[C@]1(C)C[C@]3(C)C(C(C)C)C(=O)C(C(C)=O)C(=O)[C@]3(O)C(=O)C1C2=O. The molecule has 0 bridgehead atoms. The van der Waals surface area contributed by atoms with E-state index < -0.39 is 69.0 Å². The van der Waals surface area contributed by atoms with E-state index in [0.29, 0.717) is 23.1 Å². The molecule has 3 unspecified atom stereocenters. The molecule has 6 atom stereocenters. The number of aldehydes is 1. The van der Waals surface area contributed by atoms with Crippen molar-refractivity contribution in [1.29, 1.82) is 0 Å². The molecule has 0 aliphatic heterocycles.